The van der Waals surface area contributed by atoms with Crippen molar-refractivity contribution < 1.29 is 28.0 Å². The van der Waals surface area contributed by atoms with Crippen molar-refractivity contribution in [3.8, 4) is 17.2 Å². The average molecular weight is 401 g/mol. The van der Waals surface area contributed by atoms with Gasteiger partial charge in [0, 0.05) is 17.7 Å². The molecule has 0 amide bonds. The predicted octanol–water partition coefficient (Wildman–Crippen LogP) is 3.86. The van der Waals surface area contributed by atoms with Crippen LogP contribution in [0, 0.1) is 15.9 Å². The van der Waals surface area contributed by atoms with Gasteiger partial charge in [0.15, 0.2) is 12.2 Å². The largest absolute Gasteiger partial charge is 0.479 e. The number of rotatable bonds is 7. The van der Waals surface area contributed by atoms with Gasteiger partial charge in [-0.2, -0.15) is 0 Å². The van der Waals surface area contributed by atoms with Gasteiger partial charge in [0.2, 0.25) is 5.89 Å². The Kier molecular flexibility index (Phi) is 5.82. The molecule has 0 spiro atoms. The van der Waals surface area contributed by atoms with Gasteiger partial charge in [-0.3, -0.25) is 10.1 Å². The van der Waals surface area contributed by atoms with E-state index in [2.05, 4.69) is 10.2 Å². The third kappa shape index (κ3) is 4.92. The maximum absolute atomic E-state index is 12.9. The summed E-state index contributed by atoms with van der Waals surface area (Å²) in [5.74, 6) is -0.575. The van der Waals surface area contributed by atoms with Crippen LogP contribution in [0.25, 0.3) is 11.5 Å². The number of benzene rings is 2. The number of hydrogen-bond acceptors (Lipinski definition) is 8. The molecular formula is C19H16FN3O6. The molecule has 1 aromatic heterocycles. The third-order valence-electron chi connectivity index (χ3n) is 3.86. The van der Waals surface area contributed by atoms with Crippen LogP contribution < -0.4 is 4.74 Å². The summed E-state index contributed by atoms with van der Waals surface area (Å²) in [6.45, 7) is 3.05. The second kappa shape index (κ2) is 8.46. The Bertz CT molecular complexity index is 1000. The number of nitro groups is 1. The number of aromatic nitrogens is 2. The third-order valence-corrected chi connectivity index (χ3v) is 3.86. The van der Waals surface area contributed by atoms with Crippen LogP contribution in [0.1, 0.15) is 25.8 Å². The maximum Gasteiger partial charge on any atom is 0.347 e. The topological polar surface area (TPSA) is 118 Å². The number of hydrogen-bond donors (Lipinski definition) is 0. The van der Waals surface area contributed by atoms with Gasteiger partial charge in [0.05, 0.1) is 4.92 Å². The zero-order chi connectivity index (χ0) is 21.0. The molecule has 3 rings (SSSR count). The Hall–Kier alpha value is -3.82. The van der Waals surface area contributed by atoms with Gasteiger partial charge in [-0.05, 0) is 50.2 Å². The fourth-order valence-electron chi connectivity index (χ4n) is 2.33. The summed E-state index contributed by atoms with van der Waals surface area (Å²) in [5.41, 5.74) is 0.423. The first-order valence-electron chi connectivity index (χ1n) is 8.54. The lowest BCUT2D eigenvalue weighted by atomic mass is 10.2. The van der Waals surface area contributed by atoms with E-state index in [9.17, 15) is 19.3 Å². The summed E-state index contributed by atoms with van der Waals surface area (Å²) in [6, 6.07) is 10.8. The fraction of sp³-hybridized carbons (Fsp3) is 0.211. The van der Waals surface area contributed by atoms with Crippen molar-refractivity contribution in [1.29, 1.82) is 0 Å². The molecule has 0 saturated heterocycles. The van der Waals surface area contributed by atoms with Crippen LogP contribution in [-0.4, -0.2) is 27.2 Å². The molecule has 9 nitrogen and oxygen atoms in total. The Labute approximate surface area is 164 Å². The lowest BCUT2D eigenvalue weighted by molar-refractivity contribution is -0.384. The predicted molar refractivity (Wildman–Crippen MR) is 97.4 cm³/mol. The van der Waals surface area contributed by atoms with E-state index in [1.165, 1.54) is 55.5 Å². The van der Waals surface area contributed by atoms with Crippen LogP contribution in [0.5, 0.6) is 5.75 Å². The number of ether oxygens (including phenoxy) is 2. The lowest BCUT2D eigenvalue weighted by Crippen LogP contribution is -2.27. The van der Waals surface area contributed by atoms with Crippen LogP contribution in [-0.2, 0) is 9.53 Å². The van der Waals surface area contributed by atoms with Gasteiger partial charge in [0.1, 0.15) is 11.6 Å². The van der Waals surface area contributed by atoms with Crippen molar-refractivity contribution in [2.24, 2.45) is 0 Å². The van der Waals surface area contributed by atoms with Crippen molar-refractivity contribution in [2.75, 3.05) is 0 Å². The smallest absolute Gasteiger partial charge is 0.347 e. The molecule has 0 radical (unpaired) electrons. The fourth-order valence-corrected chi connectivity index (χ4v) is 2.33. The first-order valence-corrected chi connectivity index (χ1v) is 8.54. The Morgan fingerprint density at radius 2 is 1.76 bits per heavy atom. The molecule has 29 heavy (non-hydrogen) atoms. The van der Waals surface area contributed by atoms with Crippen molar-refractivity contribution in [3.05, 3.63) is 70.4 Å². The van der Waals surface area contributed by atoms with E-state index in [1.807, 2.05) is 0 Å². The van der Waals surface area contributed by atoms with Gasteiger partial charge < -0.3 is 13.9 Å². The van der Waals surface area contributed by atoms with E-state index >= 15 is 0 Å². The summed E-state index contributed by atoms with van der Waals surface area (Å²) >= 11 is 0. The van der Waals surface area contributed by atoms with E-state index in [0.717, 1.165) is 0 Å². The van der Waals surface area contributed by atoms with Gasteiger partial charge in [-0.25, -0.2) is 9.18 Å². The molecule has 2 aromatic carbocycles. The van der Waals surface area contributed by atoms with Crippen LogP contribution in [0.2, 0.25) is 0 Å². The van der Waals surface area contributed by atoms with Crippen LogP contribution >= 0.6 is 0 Å². The number of nitrogens with zero attached hydrogens (tertiary/aromatic N) is 3. The Morgan fingerprint density at radius 3 is 2.38 bits per heavy atom. The molecule has 0 N–H and O–H groups in total. The van der Waals surface area contributed by atoms with E-state index < -0.39 is 28.9 Å². The number of carbonyl (C=O) groups is 1. The highest BCUT2D eigenvalue weighted by atomic mass is 19.1. The molecule has 0 aliphatic carbocycles. The Morgan fingerprint density at radius 1 is 1.10 bits per heavy atom. The van der Waals surface area contributed by atoms with Crippen molar-refractivity contribution in [1.82, 2.24) is 10.2 Å². The van der Waals surface area contributed by atoms with Crippen molar-refractivity contribution in [3.63, 3.8) is 0 Å². The van der Waals surface area contributed by atoms with Gasteiger partial charge in [0.25, 0.3) is 11.6 Å². The molecule has 150 valence electrons. The van der Waals surface area contributed by atoms with Crippen LogP contribution in [0.3, 0.4) is 0 Å². The average Bonchev–Trinajstić information content (AvgIpc) is 3.20. The molecule has 10 heteroatoms. The summed E-state index contributed by atoms with van der Waals surface area (Å²) < 4.78 is 29.1. The molecule has 0 aliphatic heterocycles. The van der Waals surface area contributed by atoms with Gasteiger partial charge >= 0.3 is 5.97 Å². The highest BCUT2D eigenvalue weighted by Gasteiger charge is 2.24. The van der Waals surface area contributed by atoms with E-state index in [-0.39, 0.29) is 17.5 Å². The number of carbonyl (C=O) groups excluding carboxylic acids is 1. The minimum atomic E-state index is -0.944. The zero-order valence-electron chi connectivity index (χ0n) is 15.4. The highest BCUT2D eigenvalue weighted by Crippen LogP contribution is 2.24. The van der Waals surface area contributed by atoms with Crippen LogP contribution in [0.4, 0.5) is 10.1 Å². The number of esters is 1. The highest BCUT2D eigenvalue weighted by molar-refractivity contribution is 5.74. The standard InChI is InChI=1S/C19H16FN3O6/c1-11(28-19(24)12(2)27-16-9-5-14(20)6-10-16)17-21-22-18(29-17)13-3-7-15(8-4-13)23(25)26/h3-12H,1-2H3/t11-,12-/m0/s1. The SMILES string of the molecule is C[C@H](Oc1ccc(F)cc1)C(=O)O[C@@H](C)c1nnc(-c2ccc([N+](=O)[O-])cc2)o1. The van der Waals surface area contributed by atoms with Crippen LogP contribution in [0.15, 0.2) is 52.9 Å². The number of halogens is 1. The molecule has 1 heterocycles. The summed E-state index contributed by atoms with van der Waals surface area (Å²) in [6.07, 6.45) is -1.79. The quantitative estimate of drug-likeness (QED) is 0.333. The van der Waals surface area contributed by atoms with Crippen molar-refractivity contribution >= 4 is 11.7 Å². The van der Waals surface area contributed by atoms with Gasteiger partial charge in [-0.1, -0.05) is 0 Å². The minimum Gasteiger partial charge on any atom is -0.479 e. The molecule has 0 saturated carbocycles. The van der Waals surface area contributed by atoms with E-state index in [1.54, 1.807) is 6.92 Å². The lowest BCUT2D eigenvalue weighted by Gasteiger charge is -2.16. The van der Waals surface area contributed by atoms with Gasteiger partial charge in [-0.15, -0.1) is 10.2 Å². The molecule has 0 fully saturated rings. The minimum absolute atomic E-state index is 0.0562. The normalized spacial score (nSPS) is 12.8. The summed E-state index contributed by atoms with van der Waals surface area (Å²) in [7, 11) is 0. The first-order chi connectivity index (χ1) is 13.8. The Balaban J connectivity index is 1.61. The van der Waals surface area contributed by atoms with Crippen molar-refractivity contribution in [2.45, 2.75) is 26.1 Å². The monoisotopic (exact) mass is 401 g/mol. The number of non-ortho nitro benzene ring substituents is 1. The second-order valence-corrected chi connectivity index (χ2v) is 6.04. The molecule has 2 atom stereocenters. The molecule has 0 bridgehead atoms. The second-order valence-electron chi connectivity index (χ2n) is 6.04. The summed E-state index contributed by atoms with van der Waals surface area (Å²) in [4.78, 5) is 22.4. The number of nitro benzene ring substituents is 1. The zero-order valence-corrected chi connectivity index (χ0v) is 15.4. The molecule has 3 aromatic rings. The molecule has 0 aliphatic rings. The van der Waals surface area contributed by atoms with E-state index in [4.69, 9.17) is 13.9 Å². The van der Waals surface area contributed by atoms with E-state index in [0.29, 0.717) is 11.3 Å². The molecular weight excluding hydrogens is 385 g/mol. The maximum atomic E-state index is 12.9. The molecule has 0 unspecified atom stereocenters. The first kappa shape index (κ1) is 19.9. The summed E-state index contributed by atoms with van der Waals surface area (Å²) in [5, 5.41) is 18.4.